The summed E-state index contributed by atoms with van der Waals surface area (Å²) in [5.41, 5.74) is 0.463. The molecule has 0 aliphatic rings. The second-order valence-corrected chi connectivity index (χ2v) is 5.35. The van der Waals surface area contributed by atoms with Crippen LogP contribution in [0, 0.1) is 18.6 Å². The molecule has 26 heavy (non-hydrogen) atoms. The SMILES string of the molecule is Cc1noc(-c2ccc(C(=O)OCC(=O)c3ccc(F)cc3F)cc2)n1. The van der Waals surface area contributed by atoms with Crippen LogP contribution in [0.5, 0.6) is 0 Å². The Labute approximate surface area is 146 Å². The van der Waals surface area contributed by atoms with Gasteiger partial charge in [0.05, 0.1) is 11.1 Å². The number of carbonyl (C=O) groups excluding carboxylic acids is 2. The van der Waals surface area contributed by atoms with Crippen LogP contribution >= 0.6 is 0 Å². The van der Waals surface area contributed by atoms with Crippen LogP contribution in [-0.2, 0) is 4.74 Å². The number of rotatable bonds is 5. The third-order valence-electron chi connectivity index (χ3n) is 3.46. The number of benzene rings is 2. The maximum Gasteiger partial charge on any atom is 0.338 e. The van der Waals surface area contributed by atoms with Crippen molar-refractivity contribution in [3.63, 3.8) is 0 Å². The summed E-state index contributed by atoms with van der Waals surface area (Å²) in [6.45, 7) is 1.02. The number of hydrogen-bond donors (Lipinski definition) is 0. The molecule has 2 aromatic carbocycles. The van der Waals surface area contributed by atoms with Crippen molar-refractivity contribution in [2.75, 3.05) is 6.61 Å². The van der Waals surface area contributed by atoms with Crippen LogP contribution in [0.1, 0.15) is 26.5 Å². The average molecular weight is 358 g/mol. The number of halogens is 2. The van der Waals surface area contributed by atoms with Crippen molar-refractivity contribution in [3.8, 4) is 11.5 Å². The van der Waals surface area contributed by atoms with Crippen LogP contribution in [0.15, 0.2) is 47.0 Å². The van der Waals surface area contributed by atoms with Crippen molar-refractivity contribution in [3.05, 3.63) is 71.1 Å². The molecule has 0 radical (unpaired) electrons. The minimum absolute atomic E-state index is 0.192. The first kappa shape index (κ1) is 17.4. The summed E-state index contributed by atoms with van der Waals surface area (Å²) in [6, 6.07) is 8.67. The summed E-state index contributed by atoms with van der Waals surface area (Å²) in [4.78, 5) is 27.9. The molecule has 132 valence electrons. The third-order valence-corrected chi connectivity index (χ3v) is 3.46. The van der Waals surface area contributed by atoms with E-state index in [2.05, 4.69) is 10.1 Å². The van der Waals surface area contributed by atoms with E-state index < -0.39 is 30.0 Å². The van der Waals surface area contributed by atoms with Gasteiger partial charge in [-0.1, -0.05) is 5.16 Å². The molecule has 0 aliphatic heterocycles. The fraction of sp³-hybridized carbons (Fsp3) is 0.111. The molecule has 0 saturated heterocycles. The zero-order valence-electron chi connectivity index (χ0n) is 13.5. The van der Waals surface area contributed by atoms with E-state index in [9.17, 15) is 18.4 Å². The molecule has 0 N–H and O–H groups in total. The van der Waals surface area contributed by atoms with Gasteiger partial charge in [0.25, 0.3) is 5.89 Å². The van der Waals surface area contributed by atoms with Gasteiger partial charge in [0.1, 0.15) is 11.6 Å². The van der Waals surface area contributed by atoms with Gasteiger partial charge < -0.3 is 9.26 Å². The van der Waals surface area contributed by atoms with E-state index in [0.29, 0.717) is 23.3 Å². The minimum atomic E-state index is -1.01. The summed E-state index contributed by atoms with van der Waals surface area (Å²) in [5, 5.41) is 3.67. The molecule has 0 unspecified atom stereocenters. The highest BCUT2D eigenvalue weighted by molar-refractivity contribution is 5.99. The Morgan fingerprint density at radius 2 is 1.85 bits per heavy atom. The molecule has 8 heteroatoms. The van der Waals surface area contributed by atoms with Crippen LogP contribution < -0.4 is 0 Å². The lowest BCUT2D eigenvalue weighted by Crippen LogP contribution is -2.15. The van der Waals surface area contributed by atoms with Gasteiger partial charge >= 0.3 is 5.97 Å². The normalized spacial score (nSPS) is 10.6. The van der Waals surface area contributed by atoms with Gasteiger partial charge in [-0.3, -0.25) is 4.79 Å². The van der Waals surface area contributed by atoms with Crippen molar-refractivity contribution in [1.29, 1.82) is 0 Å². The molecule has 0 saturated carbocycles. The van der Waals surface area contributed by atoms with Crippen molar-refractivity contribution in [1.82, 2.24) is 10.1 Å². The molecule has 1 aromatic heterocycles. The van der Waals surface area contributed by atoms with Crippen LogP contribution in [-0.4, -0.2) is 28.5 Å². The van der Waals surface area contributed by atoms with E-state index in [4.69, 9.17) is 9.26 Å². The van der Waals surface area contributed by atoms with Gasteiger partial charge in [-0.25, -0.2) is 13.6 Å². The van der Waals surface area contributed by atoms with Crippen LogP contribution in [0.25, 0.3) is 11.5 Å². The van der Waals surface area contributed by atoms with E-state index in [1.807, 2.05) is 0 Å². The van der Waals surface area contributed by atoms with Crippen molar-refractivity contribution in [2.24, 2.45) is 0 Å². The Morgan fingerprint density at radius 1 is 1.12 bits per heavy atom. The molecule has 6 nitrogen and oxygen atoms in total. The highest BCUT2D eigenvalue weighted by Crippen LogP contribution is 2.18. The third kappa shape index (κ3) is 3.80. The summed E-state index contributed by atoms with van der Waals surface area (Å²) in [7, 11) is 0. The van der Waals surface area contributed by atoms with Gasteiger partial charge in [-0.15, -0.1) is 0 Å². The molecule has 0 fully saturated rings. The standard InChI is InChI=1S/C18H12F2N2O4/c1-10-21-17(26-22-10)11-2-4-12(5-3-11)18(24)25-9-16(23)14-7-6-13(19)8-15(14)20/h2-8H,9H2,1H3. The van der Waals surface area contributed by atoms with Crippen LogP contribution in [0.4, 0.5) is 8.78 Å². The lowest BCUT2D eigenvalue weighted by atomic mass is 10.1. The number of ketones is 1. The van der Waals surface area contributed by atoms with E-state index >= 15 is 0 Å². The van der Waals surface area contributed by atoms with Gasteiger partial charge in [-0.05, 0) is 43.3 Å². The number of nitrogens with zero attached hydrogens (tertiary/aromatic N) is 2. The number of ether oxygens (including phenoxy) is 1. The van der Waals surface area contributed by atoms with E-state index in [0.717, 1.165) is 12.1 Å². The van der Waals surface area contributed by atoms with Crippen molar-refractivity contribution < 1.29 is 27.6 Å². The lowest BCUT2D eigenvalue weighted by Gasteiger charge is -2.06. The summed E-state index contributed by atoms with van der Waals surface area (Å²) >= 11 is 0. The molecule has 3 aromatic rings. The number of Topliss-reactive ketones (excluding diaryl/α,β-unsaturated/α-hetero) is 1. The van der Waals surface area contributed by atoms with Gasteiger partial charge in [-0.2, -0.15) is 4.98 Å². The van der Waals surface area contributed by atoms with Crippen LogP contribution in [0.2, 0.25) is 0 Å². The summed E-state index contributed by atoms with van der Waals surface area (Å²) < 4.78 is 36.3. The molecule has 1 heterocycles. The highest BCUT2D eigenvalue weighted by atomic mass is 19.1. The smallest absolute Gasteiger partial charge is 0.338 e. The predicted molar refractivity (Wildman–Crippen MR) is 85.4 cm³/mol. The Kier molecular flexibility index (Phi) is 4.83. The first-order valence-corrected chi connectivity index (χ1v) is 7.50. The Hall–Kier alpha value is -3.42. The lowest BCUT2D eigenvalue weighted by molar-refractivity contribution is 0.0473. The topological polar surface area (TPSA) is 82.3 Å². The summed E-state index contributed by atoms with van der Waals surface area (Å²) in [6.07, 6.45) is 0. The van der Waals surface area contributed by atoms with Crippen molar-refractivity contribution >= 4 is 11.8 Å². The molecular weight excluding hydrogens is 346 g/mol. The zero-order chi connectivity index (χ0) is 18.7. The predicted octanol–water partition coefficient (Wildman–Crippen LogP) is 3.36. The zero-order valence-corrected chi connectivity index (χ0v) is 13.5. The molecule has 3 rings (SSSR count). The number of aryl methyl sites for hydroxylation is 1. The number of carbonyl (C=O) groups is 2. The molecule has 0 aliphatic carbocycles. The molecule has 0 atom stereocenters. The Morgan fingerprint density at radius 3 is 2.46 bits per heavy atom. The highest BCUT2D eigenvalue weighted by Gasteiger charge is 2.16. The number of aromatic nitrogens is 2. The average Bonchev–Trinajstić information content (AvgIpc) is 3.06. The molecule has 0 spiro atoms. The maximum atomic E-state index is 13.5. The minimum Gasteiger partial charge on any atom is -0.454 e. The van der Waals surface area contributed by atoms with E-state index in [1.54, 1.807) is 19.1 Å². The quantitative estimate of drug-likeness (QED) is 0.514. The second kappa shape index (κ2) is 7.22. The molecule has 0 bridgehead atoms. The fourth-order valence-electron chi connectivity index (χ4n) is 2.17. The molecule has 0 amide bonds. The number of hydrogen-bond acceptors (Lipinski definition) is 6. The van der Waals surface area contributed by atoms with Gasteiger partial charge in [0, 0.05) is 11.6 Å². The largest absolute Gasteiger partial charge is 0.454 e. The number of esters is 1. The van der Waals surface area contributed by atoms with E-state index in [-0.39, 0.29) is 11.1 Å². The van der Waals surface area contributed by atoms with Crippen LogP contribution in [0.3, 0.4) is 0 Å². The summed E-state index contributed by atoms with van der Waals surface area (Å²) in [5.74, 6) is -2.54. The Balaban J connectivity index is 1.63. The molecular formula is C18H12F2N2O4. The van der Waals surface area contributed by atoms with Crippen molar-refractivity contribution in [2.45, 2.75) is 6.92 Å². The van der Waals surface area contributed by atoms with Gasteiger partial charge in [0.2, 0.25) is 5.78 Å². The first-order chi connectivity index (χ1) is 12.4. The van der Waals surface area contributed by atoms with Gasteiger partial charge in [0.15, 0.2) is 12.4 Å². The van der Waals surface area contributed by atoms with E-state index in [1.165, 1.54) is 12.1 Å². The maximum absolute atomic E-state index is 13.5. The fourth-order valence-corrected chi connectivity index (χ4v) is 2.17. The Bertz CT molecular complexity index is 968. The first-order valence-electron chi connectivity index (χ1n) is 7.50. The monoisotopic (exact) mass is 358 g/mol. The second-order valence-electron chi connectivity index (χ2n) is 5.35.